The van der Waals surface area contributed by atoms with Gasteiger partial charge in [0, 0.05) is 24.2 Å². The van der Waals surface area contributed by atoms with Crippen molar-refractivity contribution in [1.82, 2.24) is 9.80 Å². The Balaban J connectivity index is 1.74. The zero-order valence-electron chi connectivity index (χ0n) is 16.6. The van der Waals surface area contributed by atoms with Crippen molar-refractivity contribution in [3.05, 3.63) is 40.5 Å². The quantitative estimate of drug-likeness (QED) is 0.536. The Morgan fingerprint density at radius 3 is 2.21 bits per heavy atom. The van der Waals surface area contributed by atoms with Crippen molar-refractivity contribution in [1.29, 1.82) is 0 Å². The molecule has 0 aromatic heterocycles. The van der Waals surface area contributed by atoms with Crippen LogP contribution < -0.4 is 0 Å². The van der Waals surface area contributed by atoms with E-state index in [9.17, 15) is 9.59 Å². The summed E-state index contributed by atoms with van der Waals surface area (Å²) >= 11 is 6.07. The number of piperidine rings is 1. The SMILES string of the molecule is CC1CCCN(C2=C(c3ccc(Cl)cc3)C(=O)N(C3CCCCCC3)C2=O)C1. The van der Waals surface area contributed by atoms with Gasteiger partial charge >= 0.3 is 0 Å². The summed E-state index contributed by atoms with van der Waals surface area (Å²) in [5.74, 6) is 0.325. The average molecular weight is 401 g/mol. The maximum atomic E-state index is 13.6. The van der Waals surface area contributed by atoms with E-state index >= 15 is 0 Å². The van der Waals surface area contributed by atoms with E-state index in [1.165, 1.54) is 19.3 Å². The molecule has 0 N–H and O–H groups in total. The van der Waals surface area contributed by atoms with Crippen molar-refractivity contribution in [2.75, 3.05) is 13.1 Å². The summed E-state index contributed by atoms with van der Waals surface area (Å²) in [6, 6.07) is 7.36. The van der Waals surface area contributed by atoms with E-state index in [0.717, 1.165) is 50.8 Å². The topological polar surface area (TPSA) is 40.6 Å². The summed E-state index contributed by atoms with van der Waals surface area (Å²) in [5.41, 5.74) is 1.98. The Hall–Kier alpha value is -1.81. The summed E-state index contributed by atoms with van der Waals surface area (Å²) in [4.78, 5) is 30.8. The fourth-order valence-electron chi connectivity index (χ4n) is 4.95. The van der Waals surface area contributed by atoms with Crippen LogP contribution >= 0.6 is 11.6 Å². The van der Waals surface area contributed by atoms with Crippen LogP contribution in [0.5, 0.6) is 0 Å². The molecule has 1 aromatic rings. The van der Waals surface area contributed by atoms with Crippen LogP contribution in [-0.2, 0) is 9.59 Å². The lowest BCUT2D eigenvalue weighted by Crippen LogP contribution is -2.43. The zero-order chi connectivity index (χ0) is 19.7. The second kappa shape index (κ2) is 8.28. The Morgan fingerprint density at radius 2 is 1.57 bits per heavy atom. The molecule has 2 fully saturated rings. The second-order valence-electron chi connectivity index (χ2n) is 8.55. The molecule has 1 saturated carbocycles. The minimum absolute atomic E-state index is 0.0320. The fraction of sp³-hybridized carbons (Fsp3) is 0.565. The number of amides is 2. The number of carbonyl (C=O) groups is 2. The minimum Gasteiger partial charge on any atom is -0.366 e. The highest BCUT2D eigenvalue weighted by Crippen LogP contribution is 2.37. The third kappa shape index (κ3) is 3.71. The van der Waals surface area contributed by atoms with E-state index < -0.39 is 0 Å². The third-order valence-corrected chi connectivity index (χ3v) is 6.64. The first-order valence-corrected chi connectivity index (χ1v) is 11.1. The van der Waals surface area contributed by atoms with Crippen LogP contribution in [0.15, 0.2) is 30.0 Å². The number of halogens is 1. The molecule has 0 spiro atoms. The summed E-state index contributed by atoms with van der Waals surface area (Å²) in [5, 5.41) is 0.634. The molecule has 4 nitrogen and oxygen atoms in total. The molecular weight excluding hydrogens is 372 g/mol. The van der Waals surface area contributed by atoms with E-state index in [-0.39, 0.29) is 17.9 Å². The highest BCUT2D eigenvalue weighted by molar-refractivity contribution is 6.36. The average Bonchev–Trinajstić information content (AvgIpc) is 2.84. The summed E-state index contributed by atoms with van der Waals surface area (Å²) in [6.07, 6.45) is 8.66. The molecule has 3 aliphatic rings. The molecule has 5 heteroatoms. The molecule has 0 radical (unpaired) electrons. The van der Waals surface area contributed by atoms with Crippen LogP contribution in [0.3, 0.4) is 0 Å². The largest absolute Gasteiger partial charge is 0.366 e. The van der Waals surface area contributed by atoms with Gasteiger partial charge in [-0.1, -0.05) is 56.3 Å². The Morgan fingerprint density at radius 1 is 0.893 bits per heavy atom. The standard InChI is InChI=1S/C23H29ClN2O2/c1-16-7-6-14-25(15-16)21-20(17-10-12-18(24)13-11-17)22(27)26(23(21)28)19-8-4-2-3-5-9-19/h10-13,16,19H,2-9,14-15H2,1H3. The van der Waals surface area contributed by atoms with Gasteiger partial charge in [0.2, 0.25) is 0 Å². The van der Waals surface area contributed by atoms with Crippen LogP contribution in [0.4, 0.5) is 0 Å². The number of carbonyl (C=O) groups excluding carboxylic acids is 2. The normalized spacial score (nSPS) is 24.9. The number of rotatable bonds is 3. The predicted molar refractivity (Wildman–Crippen MR) is 112 cm³/mol. The Labute approximate surface area is 172 Å². The summed E-state index contributed by atoms with van der Waals surface area (Å²) < 4.78 is 0. The molecule has 4 rings (SSSR count). The fourth-order valence-corrected chi connectivity index (χ4v) is 5.07. The number of hydrogen-bond acceptors (Lipinski definition) is 3. The van der Waals surface area contributed by atoms with E-state index in [1.807, 2.05) is 12.1 Å². The van der Waals surface area contributed by atoms with Gasteiger partial charge in [0.05, 0.1) is 5.57 Å². The third-order valence-electron chi connectivity index (χ3n) is 6.39. The number of likely N-dealkylation sites (tertiary alicyclic amines) is 1. The molecule has 0 bridgehead atoms. The lowest BCUT2D eigenvalue weighted by Gasteiger charge is -2.34. The van der Waals surface area contributed by atoms with Crippen molar-refractivity contribution in [3.63, 3.8) is 0 Å². The zero-order valence-corrected chi connectivity index (χ0v) is 17.4. The highest BCUT2D eigenvalue weighted by Gasteiger charge is 2.45. The molecule has 1 unspecified atom stereocenters. The first-order valence-electron chi connectivity index (χ1n) is 10.7. The van der Waals surface area contributed by atoms with E-state index in [2.05, 4.69) is 11.8 Å². The van der Waals surface area contributed by atoms with Gasteiger partial charge in [0.1, 0.15) is 5.70 Å². The summed E-state index contributed by atoms with van der Waals surface area (Å²) in [7, 11) is 0. The van der Waals surface area contributed by atoms with Gasteiger partial charge in [0.15, 0.2) is 0 Å². The van der Waals surface area contributed by atoms with E-state index in [0.29, 0.717) is 22.2 Å². The van der Waals surface area contributed by atoms with Gasteiger partial charge in [-0.05, 0) is 49.3 Å². The van der Waals surface area contributed by atoms with Gasteiger partial charge in [0.25, 0.3) is 11.8 Å². The van der Waals surface area contributed by atoms with Crippen molar-refractivity contribution >= 4 is 29.0 Å². The monoisotopic (exact) mass is 400 g/mol. The molecule has 1 saturated heterocycles. The molecule has 1 aliphatic carbocycles. The number of hydrogen-bond donors (Lipinski definition) is 0. The molecule has 28 heavy (non-hydrogen) atoms. The molecule has 150 valence electrons. The Kier molecular flexibility index (Phi) is 5.77. The lowest BCUT2D eigenvalue weighted by molar-refractivity contribution is -0.140. The maximum absolute atomic E-state index is 13.6. The van der Waals surface area contributed by atoms with Crippen molar-refractivity contribution in [2.45, 2.75) is 64.3 Å². The van der Waals surface area contributed by atoms with Crippen LogP contribution in [0.2, 0.25) is 5.02 Å². The first-order chi connectivity index (χ1) is 13.6. The molecule has 2 heterocycles. The number of benzene rings is 1. The second-order valence-corrected chi connectivity index (χ2v) is 8.99. The van der Waals surface area contributed by atoms with Gasteiger partial charge in [-0.3, -0.25) is 14.5 Å². The molecule has 1 atom stereocenters. The molecule has 2 aliphatic heterocycles. The van der Waals surface area contributed by atoms with Crippen LogP contribution in [0.25, 0.3) is 5.57 Å². The molecular formula is C23H29ClN2O2. The van der Waals surface area contributed by atoms with E-state index in [4.69, 9.17) is 11.6 Å². The number of nitrogens with zero attached hydrogens (tertiary/aromatic N) is 2. The Bertz CT molecular complexity index is 778. The van der Waals surface area contributed by atoms with Gasteiger partial charge in [-0.2, -0.15) is 0 Å². The van der Waals surface area contributed by atoms with Crippen LogP contribution in [-0.4, -0.2) is 40.7 Å². The smallest absolute Gasteiger partial charge is 0.278 e. The lowest BCUT2D eigenvalue weighted by atomic mass is 9.98. The number of imide groups is 1. The maximum Gasteiger partial charge on any atom is 0.278 e. The minimum atomic E-state index is -0.118. The highest BCUT2D eigenvalue weighted by atomic mass is 35.5. The van der Waals surface area contributed by atoms with Gasteiger partial charge in [-0.25, -0.2) is 0 Å². The van der Waals surface area contributed by atoms with Crippen molar-refractivity contribution in [3.8, 4) is 0 Å². The predicted octanol–water partition coefficient (Wildman–Crippen LogP) is 4.87. The van der Waals surface area contributed by atoms with Crippen LogP contribution in [0.1, 0.15) is 63.9 Å². The van der Waals surface area contributed by atoms with Gasteiger partial charge in [-0.15, -0.1) is 0 Å². The van der Waals surface area contributed by atoms with Crippen molar-refractivity contribution in [2.24, 2.45) is 5.92 Å². The van der Waals surface area contributed by atoms with Gasteiger partial charge < -0.3 is 4.90 Å². The van der Waals surface area contributed by atoms with Crippen molar-refractivity contribution < 1.29 is 9.59 Å². The summed E-state index contributed by atoms with van der Waals surface area (Å²) in [6.45, 7) is 3.90. The molecule has 2 amide bonds. The first kappa shape index (κ1) is 19.5. The van der Waals surface area contributed by atoms with Crippen LogP contribution in [0, 0.1) is 5.92 Å². The molecule has 1 aromatic carbocycles. The van der Waals surface area contributed by atoms with E-state index in [1.54, 1.807) is 17.0 Å².